The number of benzene rings is 1. The van der Waals surface area contributed by atoms with E-state index >= 15 is 0 Å². The normalized spacial score (nSPS) is 14.2. The number of carbonyl (C=O) groups excluding carboxylic acids is 1. The molecule has 0 saturated heterocycles. The highest BCUT2D eigenvalue weighted by Gasteiger charge is 2.43. The van der Waals surface area contributed by atoms with Gasteiger partial charge in [-0.15, -0.1) is 0 Å². The van der Waals surface area contributed by atoms with Gasteiger partial charge in [0.05, 0.1) is 5.52 Å². The molecule has 170 valence electrons. The van der Waals surface area contributed by atoms with Crippen molar-refractivity contribution < 1.29 is 18.9 Å². The molecule has 10 nitrogen and oxygen atoms in total. The molecular formula is C23H24N6O4. The summed E-state index contributed by atoms with van der Waals surface area (Å²) in [5.41, 5.74) is 1.64. The van der Waals surface area contributed by atoms with Gasteiger partial charge in [-0.05, 0) is 44.2 Å². The summed E-state index contributed by atoms with van der Waals surface area (Å²) in [4.78, 5) is 26.2. The zero-order valence-corrected chi connectivity index (χ0v) is 18.4. The van der Waals surface area contributed by atoms with E-state index in [0.29, 0.717) is 23.0 Å². The van der Waals surface area contributed by atoms with Crippen molar-refractivity contribution in [1.29, 1.82) is 0 Å². The molecule has 1 aliphatic rings. The number of fused-ring (bicyclic) bond motifs is 1. The molecular weight excluding hydrogens is 424 g/mol. The molecule has 0 atom stereocenters. The molecule has 0 bridgehead atoms. The molecule has 5 rings (SSSR count). The minimum atomic E-state index is -0.663. The maximum atomic E-state index is 12.3. The van der Waals surface area contributed by atoms with Crippen LogP contribution in [-0.4, -0.2) is 39.5 Å². The van der Waals surface area contributed by atoms with Crippen LogP contribution in [0.5, 0.6) is 11.6 Å². The summed E-state index contributed by atoms with van der Waals surface area (Å²) in [6.45, 7) is 2.92. The van der Waals surface area contributed by atoms with Crippen LogP contribution in [0.4, 0.5) is 10.6 Å². The number of carbonyl (C=O) groups is 1. The number of ether oxygens (including phenoxy) is 1. The van der Waals surface area contributed by atoms with Crippen LogP contribution in [0.25, 0.3) is 10.9 Å². The van der Waals surface area contributed by atoms with Crippen LogP contribution in [-0.2, 0) is 11.8 Å². The maximum Gasteiger partial charge on any atom is 0.437 e. The average Bonchev–Trinajstić information content (AvgIpc) is 3.19. The number of amides is 1. The molecule has 1 fully saturated rings. The molecule has 4 aromatic rings. The monoisotopic (exact) mass is 448 g/mol. The third-order valence-corrected chi connectivity index (χ3v) is 5.69. The zero-order valence-electron chi connectivity index (χ0n) is 18.4. The molecule has 1 aliphatic carbocycles. The number of hydrogen-bond acceptors (Lipinski definition) is 8. The number of anilines is 1. The molecule has 0 spiro atoms. The lowest BCUT2D eigenvalue weighted by Crippen LogP contribution is -2.24. The van der Waals surface area contributed by atoms with Crippen molar-refractivity contribution >= 4 is 22.8 Å². The van der Waals surface area contributed by atoms with E-state index in [2.05, 4.69) is 32.7 Å². The van der Waals surface area contributed by atoms with Crippen molar-refractivity contribution in [3.05, 3.63) is 60.4 Å². The van der Waals surface area contributed by atoms with E-state index < -0.39 is 6.09 Å². The predicted octanol–water partition coefficient (Wildman–Crippen LogP) is 3.69. The van der Waals surface area contributed by atoms with Gasteiger partial charge in [0.25, 0.3) is 0 Å². The SMILES string of the molecule is CNCCc1cc(Oc2ccc3c(ccn3OC(=O)Nc3cc(C4(C)CC4)on3)c2)ncn1. The molecule has 10 heteroatoms. The summed E-state index contributed by atoms with van der Waals surface area (Å²) in [7, 11) is 1.90. The Labute approximate surface area is 189 Å². The Morgan fingerprint density at radius 3 is 2.91 bits per heavy atom. The van der Waals surface area contributed by atoms with Crippen LogP contribution in [0, 0.1) is 0 Å². The molecule has 0 aliphatic heterocycles. The largest absolute Gasteiger partial charge is 0.439 e. The smallest absolute Gasteiger partial charge is 0.437 e. The van der Waals surface area contributed by atoms with Crippen molar-refractivity contribution in [1.82, 2.24) is 25.2 Å². The number of likely N-dealkylation sites (N-methyl/N-ethyl adjacent to an activating group) is 1. The van der Waals surface area contributed by atoms with Gasteiger partial charge in [0.15, 0.2) is 5.82 Å². The van der Waals surface area contributed by atoms with E-state index in [4.69, 9.17) is 14.1 Å². The molecule has 2 N–H and O–H groups in total. The van der Waals surface area contributed by atoms with E-state index in [1.807, 2.05) is 31.3 Å². The van der Waals surface area contributed by atoms with Crippen molar-refractivity contribution in [3.63, 3.8) is 0 Å². The van der Waals surface area contributed by atoms with Crippen LogP contribution in [0.15, 0.2) is 53.4 Å². The van der Waals surface area contributed by atoms with Gasteiger partial charge in [-0.2, -0.15) is 4.73 Å². The third kappa shape index (κ3) is 4.65. The Morgan fingerprint density at radius 2 is 2.09 bits per heavy atom. The summed E-state index contributed by atoms with van der Waals surface area (Å²) < 4.78 is 12.6. The van der Waals surface area contributed by atoms with E-state index in [1.54, 1.807) is 18.3 Å². The molecule has 3 aromatic heterocycles. The first-order valence-electron chi connectivity index (χ1n) is 10.7. The summed E-state index contributed by atoms with van der Waals surface area (Å²) in [6.07, 6.45) is 5.39. The Kier molecular flexibility index (Phi) is 5.43. The second kappa shape index (κ2) is 8.55. The van der Waals surface area contributed by atoms with Crippen LogP contribution in [0.3, 0.4) is 0 Å². The van der Waals surface area contributed by atoms with Gasteiger partial charge in [0.1, 0.15) is 17.8 Å². The fourth-order valence-corrected chi connectivity index (χ4v) is 3.45. The highest BCUT2D eigenvalue weighted by Crippen LogP contribution is 2.48. The number of nitrogens with one attached hydrogen (secondary N) is 2. The Bertz CT molecular complexity index is 1290. The maximum absolute atomic E-state index is 12.3. The summed E-state index contributed by atoms with van der Waals surface area (Å²) in [5, 5.41) is 10.4. The van der Waals surface area contributed by atoms with Gasteiger partial charge in [-0.1, -0.05) is 12.1 Å². The minimum absolute atomic E-state index is 0.0350. The average molecular weight is 448 g/mol. The van der Waals surface area contributed by atoms with Crippen LogP contribution >= 0.6 is 0 Å². The van der Waals surface area contributed by atoms with E-state index in [0.717, 1.165) is 42.6 Å². The lowest BCUT2D eigenvalue weighted by Gasteiger charge is -2.08. The van der Waals surface area contributed by atoms with Crippen molar-refractivity contribution in [2.24, 2.45) is 0 Å². The third-order valence-electron chi connectivity index (χ3n) is 5.69. The minimum Gasteiger partial charge on any atom is -0.439 e. The highest BCUT2D eigenvalue weighted by atomic mass is 16.7. The summed E-state index contributed by atoms with van der Waals surface area (Å²) >= 11 is 0. The summed E-state index contributed by atoms with van der Waals surface area (Å²) in [6, 6.07) is 10.8. The molecule has 3 heterocycles. The molecule has 1 aromatic carbocycles. The number of hydrogen-bond donors (Lipinski definition) is 2. The van der Waals surface area contributed by atoms with Crippen molar-refractivity contribution in [2.45, 2.75) is 31.6 Å². The first kappa shape index (κ1) is 21.0. The van der Waals surface area contributed by atoms with Gasteiger partial charge in [-0.25, -0.2) is 14.8 Å². The van der Waals surface area contributed by atoms with E-state index in [9.17, 15) is 4.79 Å². The topological polar surface area (TPSA) is 116 Å². The predicted molar refractivity (Wildman–Crippen MR) is 120 cm³/mol. The fourth-order valence-electron chi connectivity index (χ4n) is 3.45. The lowest BCUT2D eigenvalue weighted by atomic mass is 10.1. The standard InChI is InChI=1S/C23H24N6O4/c1-23(7-8-23)19-13-20(28-32-19)27-22(30)33-29-10-6-15-11-17(3-4-18(15)29)31-21-12-16(5-9-24-2)25-14-26-21/h3-4,6,10-14,24H,5,7-9H2,1-2H3,(H,27,28,30). The van der Waals surface area contributed by atoms with Crippen LogP contribution in [0.1, 0.15) is 31.2 Å². The van der Waals surface area contributed by atoms with Crippen LogP contribution < -0.4 is 20.2 Å². The summed E-state index contributed by atoms with van der Waals surface area (Å²) in [5.74, 6) is 2.19. The second-order valence-corrected chi connectivity index (χ2v) is 8.31. The quantitative estimate of drug-likeness (QED) is 0.419. The Balaban J connectivity index is 1.24. The molecule has 1 saturated carbocycles. The number of rotatable bonds is 8. The van der Waals surface area contributed by atoms with Gasteiger partial charge in [0, 0.05) is 47.8 Å². The first-order valence-corrected chi connectivity index (χ1v) is 10.7. The molecule has 1 amide bonds. The van der Waals surface area contributed by atoms with Gasteiger partial charge >= 0.3 is 6.09 Å². The number of nitrogens with zero attached hydrogens (tertiary/aromatic N) is 4. The highest BCUT2D eigenvalue weighted by molar-refractivity contribution is 5.86. The molecule has 0 radical (unpaired) electrons. The lowest BCUT2D eigenvalue weighted by molar-refractivity contribution is 0.153. The van der Waals surface area contributed by atoms with Gasteiger partial charge in [0.2, 0.25) is 5.88 Å². The van der Waals surface area contributed by atoms with E-state index in [-0.39, 0.29) is 5.41 Å². The number of aromatic nitrogens is 4. The fraction of sp³-hybridized carbons (Fsp3) is 0.304. The Morgan fingerprint density at radius 1 is 1.21 bits per heavy atom. The zero-order chi connectivity index (χ0) is 22.8. The van der Waals surface area contributed by atoms with Gasteiger partial charge in [-0.3, -0.25) is 5.32 Å². The molecule has 0 unspecified atom stereocenters. The van der Waals surface area contributed by atoms with Crippen molar-refractivity contribution in [2.75, 3.05) is 18.9 Å². The van der Waals surface area contributed by atoms with Gasteiger partial charge < -0.3 is 19.4 Å². The second-order valence-electron chi connectivity index (χ2n) is 8.31. The first-order chi connectivity index (χ1) is 16.0. The van der Waals surface area contributed by atoms with Crippen LogP contribution in [0.2, 0.25) is 0 Å². The molecule has 33 heavy (non-hydrogen) atoms. The van der Waals surface area contributed by atoms with Crippen molar-refractivity contribution in [3.8, 4) is 11.6 Å². The Hall–Kier alpha value is -3.92. The van der Waals surface area contributed by atoms with E-state index in [1.165, 1.54) is 11.1 Å².